The number of carbonyl (C=O) groups excluding carboxylic acids is 1. The second-order valence-corrected chi connectivity index (χ2v) is 5.86. The van der Waals surface area contributed by atoms with Crippen LogP contribution in [-0.4, -0.2) is 19.5 Å². The predicted octanol–water partition coefficient (Wildman–Crippen LogP) is 4.01. The number of ketones is 1. The minimum atomic E-state index is -0.0345. The van der Waals surface area contributed by atoms with E-state index in [2.05, 4.69) is 15.9 Å². The van der Waals surface area contributed by atoms with E-state index in [1.807, 2.05) is 24.3 Å². The van der Waals surface area contributed by atoms with Crippen LogP contribution in [0.15, 0.2) is 40.9 Å². The van der Waals surface area contributed by atoms with Crippen LogP contribution in [0.2, 0.25) is 0 Å². The van der Waals surface area contributed by atoms with Gasteiger partial charge in [-0.2, -0.15) is 0 Å². The molecule has 1 aliphatic rings. The molecule has 0 amide bonds. The Labute approximate surface area is 132 Å². The first-order valence-corrected chi connectivity index (χ1v) is 7.62. The van der Waals surface area contributed by atoms with Crippen LogP contribution in [0.5, 0.6) is 11.5 Å². The van der Waals surface area contributed by atoms with Crippen LogP contribution in [0.4, 0.5) is 0 Å². The summed E-state index contributed by atoms with van der Waals surface area (Å²) in [4.78, 5) is 12.7. The summed E-state index contributed by atoms with van der Waals surface area (Å²) in [7, 11) is 1.57. The van der Waals surface area contributed by atoms with Crippen molar-refractivity contribution in [3.05, 3.63) is 57.6 Å². The number of aryl methyl sites for hydroxylation is 1. The topological polar surface area (TPSA) is 35.5 Å². The van der Waals surface area contributed by atoms with Crippen molar-refractivity contribution in [3.63, 3.8) is 0 Å². The normalized spacial score (nSPS) is 13.2. The minimum absolute atomic E-state index is 0.0345. The molecule has 0 unspecified atom stereocenters. The molecule has 1 heterocycles. The maximum Gasteiger partial charge on any atom is 0.196 e. The Morgan fingerprint density at radius 3 is 2.90 bits per heavy atom. The van der Waals surface area contributed by atoms with Crippen LogP contribution in [-0.2, 0) is 6.42 Å². The maximum absolute atomic E-state index is 12.7. The van der Waals surface area contributed by atoms with Crippen LogP contribution in [0.3, 0.4) is 0 Å². The van der Waals surface area contributed by atoms with Crippen molar-refractivity contribution in [2.75, 3.05) is 13.7 Å². The summed E-state index contributed by atoms with van der Waals surface area (Å²) in [5.41, 5.74) is 2.33. The zero-order chi connectivity index (χ0) is 14.8. The molecule has 0 aliphatic carbocycles. The standard InChI is InChI=1S/C17H15BrO3/c1-20-16-10-13(18)5-6-14(16)17(19)12-4-7-15-11(9-12)3-2-8-21-15/h4-7,9-10H,2-3,8H2,1H3. The molecule has 4 heteroatoms. The van der Waals surface area contributed by atoms with E-state index >= 15 is 0 Å². The van der Waals surface area contributed by atoms with E-state index in [-0.39, 0.29) is 5.78 Å². The third-order valence-electron chi connectivity index (χ3n) is 3.58. The number of halogens is 1. The number of benzene rings is 2. The Morgan fingerprint density at radius 2 is 2.10 bits per heavy atom. The maximum atomic E-state index is 12.7. The number of fused-ring (bicyclic) bond motifs is 1. The fourth-order valence-corrected chi connectivity index (χ4v) is 2.85. The SMILES string of the molecule is COc1cc(Br)ccc1C(=O)c1ccc2c(c1)CCCO2. The monoisotopic (exact) mass is 346 g/mol. The second kappa shape index (κ2) is 5.90. The van der Waals surface area contributed by atoms with Crippen molar-refractivity contribution in [1.29, 1.82) is 0 Å². The predicted molar refractivity (Wildman–Crippen MR) is 84.4 cm³/mol. The van der Waals surface area contributed by atoms with Crippen molar-refractivity contribution >= 4 is 21.7 Å². The quantitative estimate of drug-likeness (QED) is 0.787. The van der Waals surface area contributed by atoms with Crippen LogP contribution >= 0.6 is 15.9 Å². The molecule has 0 N–H and O–H groups in total. The van der Waals surface area contributed by atoms with Crippen molar-refractivity contribution in [2.45, 2.75) is 12.8 Å². The fourth-order valence-electron chi connectivity index (χ4n) is 2.51. The van der Waals surface area contributed by atoms with Gasteiger partial charge in [-0.1, -0.05) is 15.9 Å². The van der Waals surface area contributed by atoms with Gasteiger partial charge >= 0.3 is 0 Å². The Kier molecular flexibility index (Phi) is 3.97. The summed E-state index contributed by atoms with van der Waals surface area (Å²) in [5, 5.41) is 0. The van der Waals surface area contributed by atoms with Gasteiger partial charge in [-0.15, -0.1) is 0 Å². The van der Waals surface area contributed by atoms with Gasteiger partial charge in [0.05, 0.1) is 19.3 Å². The molecule has 0 saturated carbocycles. The lowest BCUT2D eigenvalue weighted by Crippen LogP contribution is -2.10. The highest BCUT2D eigenvalue weighted by atomic mass is 79.9. The zero-order valence-electron chi connectivity index (χ0n) is 11.7. The summed E-state index contributed by atoms with van der Waals surface area (Å²) in [6.45, 7) is 0.751. The lowest BCUT2D eigenvalue weighted by atomic mass is 9.97. The highest BCUT2D eigenvalue weighted by Crippen LogP contribution is 2.29. The van der Waals surface area contributed by atoms with Crippen LogP contribution in [0.1, 0.15) is 27.9 Å². The van der Waals surface area contributed by atoms with Crippen molar-refractivity contribution < 1.29 is 14.3 Å². The molecule has 0 bridgehead atoms. The van der Waals surface area contributed by atoms with E-state index in [0.29, 0.717) is 16.9 Å². The average molecular weight is 347 g/mol. The van der Waals surface area contributed by atoms with E-state index < -0.39 is 0 Å². The first-order valence-electron chi connectivity index (χ1n) is 6.83. The number of hydrogen-bond acceptors (Lipinski definition) is 3. The molecule has 2 aromatic rings. The fraction of sp³-hybridized carbons (Fsp3) is 0.235. The summed E-state index contributed by atoms with van der Waals surface area (Å²) < 4.78 is 11.8. The summed E-state index contributed by atoms with van der Waals surface area (Å²) in [6.07, 6.45) is 1.94. The Morgan fingerprint density at radius 1 is 1.24 bits per heavy atom. The van der Waals surface area contributed by atoms with Gasteiger partial charge in [-0.3, -0.25) is 4.79 Å². The van der Waals surface area contributed by atoms with Crippen molar-refractivity contribution in [3.8, 4) is 11.5 Å². The summed E-state index contributed by atoms with van der Waals surface area (Å²) in [5.74, 6) is 1.43. The zero-order valence-corrected chi connectivity index (χ0v) is 13.3. The minimum Gasteiger partial charge on any atom is -0.496 e. The van der Waals surface area contributed by atoms with Gasteiger partial charge in [0.25, 0.3) is 0 Å². The summed E-state index contributed by atoms with van der Waals surface area (Å²) in [6, 6.07) is 11.0. The van der Waals surface area contributed by atoms with Crippen molar-refractivity contribution in [2.24, 2.45) is 0 Å². The number of ether oxygens (including phenoxy) is 2. The third-order valence-corrected chi connectivity index (χ3v) is 4.07. The largest absolute Gasteiger partial charge is 0.496 e. The Balaban J connectivity index is 1.99. The molecule has 0 spiro atoms. The molecule has 3 nitrogen and oxygen atoms in total. The van der Waals surface area contributed by atoms with E-state index in [1.54, 1.807) is 19.2 Å². The van der Waals surface area contributed by atoms with Gasteiger partial charge in [0.2, 0.25) is 0 Å². The number of methoxy groups -OCH3 is 1. The molecule has 0 fully saturated rings. The second-order valence-electron chi connectivity index (χ2n) is 4.95. The molecule has 3 rings (SSSR count). The average Bonchev–Trinajstić information content (AvgIpc) is 2.53. The Bertz CT molecular complexity index is 694. The molecule has 0 aromatic heterocycles. The number of hydrogen-bond donors (Lipinski definition) is 0. The first kappa shape index (κ1) is 14.1. The van der Waals surface area contributed by atoms with E-state index in [9.17, 15) is 4.79 Å². The van der Waals surface area contributed by atoms with Crippen LogP contribution in [0.25, 0.3) is 0 Å². The molecule has 2 aromatic carbocycles. The van der Waals surface area contributed by atoms with E-state index in [1.165, 1.54) is 0 Å². The van der Waals surface area contributed by atoms with Gasteiger partial charge in [-0.25, -0.2) is 0 Å². The number of rotatable bonds is 3. The molecule has 21 heavy (non-hydrogen) atoms. The third kappa shape index (κ3) is 2.81. The molecule has 0 radical (unpaired) electrons. The van der Waals surface area contributed by atoms with Gasteiger partial charge in [-0.05, 0) is 54.8 Å². The van der Waals surface area contributed by atoms with Gasteiger partial charge < -0.3 is 9.47 Å². The van der Waals surface area contributed by atoms with Gasteiger partial charge in [0.1, 0.15) is 11.5 Å². The van der Waals surface area contributed by atoms with Gasteiger partial charge in [0.15, 0.2) is 5.78 Å². The number of carbonyl (C=O) groups is 1. The van der Waals surface area contributed by atoms with E-state index in [0.717, 1.165) is 35.2 Å². The van der Waals surface area contributed by atoms with Gasteiger partial charge in [0, 0.05) is 10.0 Å². The molecule has 0 saturated heterocycles. The molecule has 108 valence electrons. The van der Waals surface area contributed by atoms with Crippen LogP contribution in [0, 0.1) is 0 Å². The molecular weight excluding hydrogens is 332 g/mol. The Hall–Kier alpha value is -1.81. The lowest BCUT2D eigenvalue weighted by Gasteiger charge is -2.17. The molecule has 0 atom stereocenters. The lowest BCUT2D eigenvalue weighted by molar-refractivity contribution is 0.103. The molecular formula is C17H15BrO3. The summed E-state index contributed by atoms with van der Waals surface area (Å²) >= 11 is 3.38. The first-order chi connectivity index (χ1) is 10.2. The smallest absolute Gasteiger partial charge is 0.196 e. The highest BCUT2D eigenvalue weighted by Gasteiger charge is 2.18. The molecule has 1 aliphatic heterocycles. The van der Waals surface area contributed by atoms with Crippen LogP contribution < -0.4 is 9.47 Å². The highest BCUT2D eigenvalue weighted by molar-refractivity contribution is 9.10. The van der Waals surface area contributed by atoms with E-state index in [4.69, 9.17) is 9.47 Å². The van der Waals surface area contributed by atoms with Crippen molar-refractivity contribution in [1.82, 2.24) is 0 Å².